The van der Waals surface area contributed by atoms with Crippen molar-refractivity contribution in [2.45, 2.75) is 13.8 Å². The molecule has 5 nitrogen and oxygen atoms in total. The number of para-hydroxylation sites is 1. The highest BCUT2D eigenvalue weighted by Crippen LogP contribution is 2.32. The molecule has 2 aromatic rings. The van der Waals surface area contributed by atoms with Gasteiger partial charge in [-0.3, -0.25) is 4.79 Å². The molecule has 7 heteroatoms. The molecule has 1 amide bonds. The largest absolute Gasteiger partial charge is 0.465 e. The van der Waals surface area contributed by atoms with Gasteiger partial charge in [0.25, 0.3) is 0 Å². The topological polar surface area (TPSA) is 67.4 Å². The minimum absolute atomic E-state index is 0.122. The Morgan fingerprint density at radius 1 is 1.26 bits per heavy atom. The Morgan fingerprint density at radius 2 is 1.96 bits per heavy atom. The van der Waals surface area contributed by atoms with Crippen LogP contribution in [-0.2, 0) is 9.53 Å². The Kier molecular flexibility index (Phi) is 6.00. The van der Waals surface area contributed by atoms with Crippen LogP contribution in [0, 0.1) is 17.4 Å². The fraction of sp³-hybridized carbons (Fsp3) is 0.250. The Balaban J connectivity index is 2.08. The maximum atomic E-state index is 12.2. The second kappa shape index (κ2) is 7.78. The summed E-state index contributed by atoms with van der Waals surface area (Å²) < 4.78 is 5.84. The van der Waals surface area contributed by atoms with Gasteiger partial charge < -0.3 is 15.4 Å². The van der Waals surface area contributed by atoms with Crippen molar-refractivity contribution in [3.05, 3.63) is 43.8 Å². The van der Waals surface area contributed by atoms with Crippen molar-refractivity contribution < 1.29 is 14.3 Å². The van der Waals surface area contributed by atoms with Gasteiger partial charge in [-0.05, 0) is 54.1 Å². The fourth-order valence-corrected chi connectivity index (χ4v) is 3.66. The molecule has 23 heavy (non-hydrogen) atoms. The first-order chi connectivity index (χ1) is 10.9. The normalized spacial score (nSPS) is 10.3. The fourth-order valence-electron chi connectivity index (χ4n) is 2.01. The van der Waals surface area contributed by atoms with E-state index >= 15 is 0 Å². The van der Waals surface area contributed by atoms with Crippen LogP contribution in [0.25, 0.3) is 0 Å². The molecule has 0 aliphatic rings. The zero-order valence-electron chi connectivity index (χ0n) is 13.0. The van der Waals surface area contributed by atoms with Crippen LogP contribution in [0.1, 0.15) is 20.8 Å². The van der Waals surface area contributed by atoms with E-state index in [1.165, 1.54) is 18.4 Å². The Labute approximate surface area is 152 Å². The van der Waals surface area contributed by atoms with Gasteiger partial charge in [0, 0.05) is 14.1 Å². The van der Waals surface area contributed by atoms with E-state index in [0.717, 1.165) is 19.7 Å². The summed E-state index contributed by atoms with van der Waals surface area (Å²) in [6.45, 7) is 3.88. The standard InChI is InChI=1S/C16H17IN2O3S/c1-9-10(2)23-15(14(9)16(21)22-3)19-13(20)8-18-12-7-5-4-6-11(12)17/h4-7,18H,8H2,1-3H3,(H,19,20). The monoisotopic (exact) mass is 444 g/mol. The predicted octanol–water partition coefficient (Wildman–Crippen LogP) is 3.81. The van der Waals surface area contributed by atoms with Gasteiger partial charge in [0.05, 0.1) is 19.2 Å². The molecule has 0 aliphatic heterocycles. The van der Waals surface area contributed by atoms with E-state index in [1.54, 1.807) is 0 Å². The molecule has 0 aliphatic carbocycles. The number of aryl methyl sites for hydroxylation is 1. The highest BCUT2D eigenvalue weighted by atomic mass is 127. The van der Waals surface area contributed by atoms with Gasteiger partial charge in [-0.1, -0.05) is 12.1 Å². The molecule has 1 aromatic carbocycles. The van der Waals surface area contributed by atoms with Crippen LogP contribution in [0.4, 0.5) is 10.7 Å². The zero-order chi connectivity index (χ0) is 17.0. The highest BCUT2D eigenvalue weighted by Gasteiger charge is 2.21. The number of anilines is 2. The third kappa shape index (κ3) is 4.23. The number of halogens is 1. The number of hydrogen-bond acceptors (Lipinski definition) is 5. The molecule has 2 rings (SSSR count). The molecule has 0 bridgehead atoms. The molecule has 0 saturated heterocycles. The molecule has 0 atom stereocenters. The number of hydrogen-bond donors (Lipinski definition) is 2. The summed E-state index contributed by atoms with van der Waals surface area (Å²) >= 11 is 3.58. The molecule has 122 valence electrons. The van der Waals surface area contributed by atoms with Crippen LogP contribution in [0.2, 0.25) is 0 Å². The molecular formula is C16H17IN2O3S. The number of amides is 1. The third-order valence-electron chi connectivity index (χ3n) is 3.34. The molecule has 0 radical (unpaired) electrons. The lowest BCUT2D eigenvalue weighted by atomic mass is 10.1. The minimum atomic E-state index is -0.437. The summed E-state index contributed by atoms with van der Waals surface area (Å²) in [5.74, 6) is -0.649. The van der Waals surface area contributed by atoms with Crippen LogP contribution in [-0.4, -0.2) is 25.5 Å². The van der Waals surface area contributed by atoms with E-state index in [-0.39, 0.29) is 12.5 Å². The van der Waals surface area contributed by atoms with Gasteiger partial charge in [-0.15, -0.1) is 11.3 Å². The molecule has 1 heterocycles. The number of thiophene rings is 1. The number of ether oxygens (including phenoxy) is 1. The highest BCUT2D eigenvalue weighted by molar-refractivity contribution is 14.1. The summed E-state index contributed by atoms with van der Waals surface area (Å²) in [4.78, 5) is 25.0. The quantitative estimate of drug-likeness (QED) is 0.544. The van der Waals surface area contributed by atoms with Crippen molar-refractivity contribution in [1.29, 1.82) is 0 Å². The van der Waals surface area contributed by atoms with Gasteiger partial charge in [0.1, 0.15) is 5.00 Å². The number of carbonyl (C=O) groups excluding carboxylic acids is 2. The van der Waals surface area contributed by atoms with Gasteiger partial charge >= 0.3 is 5.97 Å². The van der Waals surface area contributed by atoms with Crippen LogP contribution in [0.5, 0.6) is 0 Å². The molecule has 0 fully saturated rings. The first-order valence-corrected chi connectivity index (χ1v) is 8.80. The zero-order valence-corrected chi connectivity index (χ0v) is 16.0. The second-order valence-electron chi connectivity index (χ2n) is 4.86. The molecule has 1 aromatic heterocycles. The SMILES string of the molecule is COC(=O)c1c(NC(=O)CNc2ccccc2I)sc(C)c1C. The first-order valence-electron chi connectivity index (χ1n) is 6.90. The maximum Gasteiger partial charge on any atom is 0.341 e. The van der Waals surface area contributed by atoms with Crippen LogP contribution in [0.15, 0.2) is 24.3 Å². The van der Waals surface area contributed by atoms with Crippen LogP contribution >= 0.6 is 33.9 Å². The number of benzene rings is 1. The Hall–Kier alpha value is -1.61. The lowest BCUT2D eigenvalue weighted by molar-refractivity contribution is -0.114. The predicted molar refractivity (Wildman–Crippen MR) is 101 cm³/mol. The number of esters is 1. The van der Waals surface area contributed by atoms with E-state index in [1.807, 2.05) is 38.1 Å². The summed E-state index contributed by atoms with van der Waals surface area (Å²) in [5.41, 5.74) is 2.16. The molecule has 0 saturated carbocycles. The summed E-state index contributed by atoms with van der Waals surface area (Å²) in [7, 11) is 1.33. The summed E-state index contributed by atoms with van der Waals surface area (Å²) in [6.07, 6.45) is 0. The first kappa shape index (κ1) is 17.7. The van der Waals surface area contributed by atoms with Crippen LogP contribution in [0.3, 0.4) is 0 Å². The molecule has 2 N–H and O–H groups in total. The Morgan fingerprint density at radius 3 is 2.61 bits per heavy atom. The smallest absolute Gasteiger partial charge is 0.341 e. The van der Waals surface area contributed by atoms with Gasteiger partial charge in [0.15, 0.2) is 0 Å². The lowest BCUT2D eigenvalue weighted by Crippen LogP contribution is -2.22. The number of carbonyl (C=O) groups is 2. The van der Waals surface area contributed by atoms with E-state index in [4.69, 9.17) is 4.74 Å². The second-order valence-corrected chi connectivity index (χ2v) is 7.25. The van der Waals surface area contributed by atoms with Crippen molar-refractivity contribution in [3.63, 3.8) is 0 Å². The van der Waals surface area contributed by atoms with Crippen molar-refractivity contribution in [2.24, 2.45) is 0 Å². The maximum absolute atomic E-state index is 12.2. The molecule has 0 spiro atoms. The van der Waals surface area contributed by atoms with E-state index in [2.05, 4.69) is 33.2 Å². The minimum Gasteiger partial charge on any atom is -0.465 e. The van der Waals surface area contributed by atoms with Crippen molar-refractivity contribution in [2.75, 3.05) is 24.3 Å². The lowest BCUT2D eigenvalue weighted by Gasteiger charge is -2.09. The van der Waals surface area contributed by atoms with Crippen molar-refractivity contribution in [1.82, 2.24) is 0 Å². The third-order valence-corrected chi connectivity index (χ3v) is 5.40. The van der Waals surface area contributed by atoms with Crippen LogP contribution < -0.4 is 10.6 Å². The number of rotatable bonds is 5. The van der Waals surface area contributed by atoms with Gasteiger partial charge in [0.2, 0.25) is 5.91 Å². The van der Waals surface area contributed by atoms with Crippen molar-refractivity contribution >= 4 is 56.5 Å². The van der Waals surface area contributed by atoms with Gasteiger partial charge in [-0.25, -0.2) is 4.79 Å². The number of methoxy groups -OCH3 is 1. The van der Waals surface area contributed by atoms with Gasteiger partial charge in [-0.2, -0.15) is 0 Å². The number of nitrogens with one attached hydrogen (secondary N) is 2. The summed E-state index contributed by atoms with van der Waals surface area (Å²) in [6, 6.07) is 7.72. The average Bonchev–Trinajstić information content (AvgIpc) is 2.80. The van der Waals surface area contributed by atoms with E-state index in [9.17, 15) is 9.59 Å². The summed E-state index contributed by atoms with van der Waals surface area (Å²) in [5, 5.41) is 6.41. The van der Waals surface area contributed by atoms with Crippen molar-refractivity contribution in [3.8, 4) is 0 Å². The average molecular weight is 444 g/mol. The molecule has 0 unspecified atom stereocenters. The Bertz CT molecular complexity index is 743. The molecular weight excluding hydrogens is 427 g/mol. The van der Waals surface area contributed by atoms with E-state index in [0.29, 0.717) is 10.6 Å². The van der Waals surface area contributed by atoms with E-state index < -0.39 is 5.97 Å².